The van der Waals surface area contributed by atoms with Gasteiger partial charge in [-0.15, -0.1) is 0 Å². The van der Waals surface area contributed by atoms with E-state index in [1.165, 1.54) is 6.20 Å². The lowest BCUT2D eigenvalue weighted by atomic mass is 10.2. The molecular weight excluding hydrogens is 434 g/mol. The quantitative estimate of drug-likeness (QED) is 0.486. The number of carbonyl (C=O) groups is 1. The smallest absolute Gasteiger partial charge is 0.227 e. The second kappa shape index (κ2) is 8.40. The number of halogens is 1. The van der Waals surface area contributed by atoms with Crippen molar-refractivity contribution in [3.8, 4) is 0 Å². The Kier molecular flexibility index (Phi) is 5.53. The van der Waals surface area contributed by atoms with Crippen LogP contribution in [0.3, 0.4) is 0 Å². The number of fused-ring (bicyclic) bond motifs is 1. The van der Waals surface area contributed by atoms with Crippen molar-refractivity contribution in [1.82, 2.24) is 19.6 Å². The lowest BCUT2D eigenvalue weighted by Crippen LogP contribution is -2.19. The molecule has 0 aliphatic rings. The van der Waals surface area contributed by atoms with Gasteiger partial charge in [-0.3, -0.25) is 14.3 Å². The number of aromatic nitrogens is 4. The van der Waals surface area contributed by atoms with E-state index in [0.717, 1.165) is 10.0 Å². The van der Waals surface area contributed by atoms with Gasteiger partial charge in [0.1, 0.15) is 5.82 Å². The summed E-state index contributed by atoms with van der Waals surface area (Å²) in [6.07, 6.45) is 3.16. The van der Waals surface area contributed by atoms with Gasteiger partial charge in [0.25, 0.3) is 0 Å². The van der Waals surface area contributed by atoms with Crippen molar-refractivity contribution in [2.75, 3.05) is 5.32 Å². The largest absolute Gasteiger partial charge is 0.311 e. The third-order valence-electron chi connectivity index (χ3n) is 4.57. The van der Waals surface area contributed by atoms with Crippen LogP contribution in [0.15, 0.2) is 76.3 Å². The zero-order valence-electron chi connectivity index (χ0n) is 15.5. The maximum absolute atomic E-state index is 12.5. The molecule has 2 aromatic heterocycles. The Labute approximate surface area is 175 Å². The van der Waals surface area contributed by atoms with Gasteiger partial charge in [0.15, 0.2) is 0 Å². The van der Waals surface area contributed by atoms with Gasteiger partial charge in [0.05, 0.1) is 31.0 Å². The van der Waals surface area contributed by atoms with Crippen molar-refractivity contribution < 1.29 is 4.79 Å². The van der Waals surface area contributed by atoms with E-state index in [4.69, 9.17) is 0 Å². The third-order valence-corrected chi connectivity index (χ3v) is 5.35. The zero-order chi connectivity index (χ0) is 20.2. The van der Waals surface area contributed by atoms with Crippen LogP contribution in [0.4, 0.5) is 5.82 Å². The lowest BCUT2D eigenvalue weighted by Gasteiger charge is -2.11. The number of para-hydroxylation sites is 1. The molecule has 7 nitrogen and oxygen atoms in total. The summed E-state index contributed by atoms with van der Waals surface area (Å²) in [5.41, 5.74) is 1.65. The first-order chi connectivity index (χ1) is 14.1. The van der Waals surface area contributed by atoms with Crippen LogP contribution >= 0.6 is 15.9 Å². The van der Waals surface area contributed by atoms with E-state index in [0.29, 0.717) is 29.8 Å². The van der Waals surface area contributed by atoms with E-state index < -0.39 is 0 Å². The summed E-state index contributed by atoms with van der Waals surface area (Å²) in [5.74, 6) is 0.479. The van der Waals surface area contributed by atoms with Gasteiger partial charge in [-0.25, -0.2) is 4.68 Å². The van der Waals surface area contributed by atoms with Crippen molar-refractivity contribution in [2.24, 2.45) is 0 Å². The Bertz CT molecular complexity index is 1230. The Morgan fingerprint density at radius 3 is 2.66 bits per heavy atom. The monoisotopic (exact) mass is 451 g/mol. The standard InChI is InChI=1S/C21H18BrN5O2/c22-17-7-3-1-5-15(17)14-27-20(9-11-23-27)25-21(29)10-12-26-18-8-4-2-6-16(18)19(28)13-24-26/h1-9,11,13H,10,12,14H2,(H,25,29). The predicted molar refractivity (Wildman–Crippen MR) is 115 cm³/mol. The molecule has 0 saturated heterocycles. The summed E-state index contributed by atoms with van der Waals surface area (Å²) in [5, 5.41) is 12.0. The highest BCUT2D eigenvalue weighted by Gasteiger charge is 2.10. The highest BCUT2D eigenvalue weighted by molar-refractivity contribution is 9.10. The van der Waals surface area contributed by atoms with E-state index in [1.807, 2.05) is 42.5 Å². The van der Waals surface area contributed by atoms with Gasteiger partial charge in [-0.1, -0.05) is 46.3 Å². The number of hydrogen-bond donors (Lipinski definition) is 1. The maximum atomic E-state index is 12.5. The molecule has 0 aliphatic carbocycles. The van der Waals surface area contributed by atoms with Crippen LogP contribution in [0.2, 0.25) is 0 Å². The first-order valence-electron chi connectivity index (χ1n) is 9.12. The van der Waals surface area contributed by atoms with Gasteiger partial charge >= 0.3 is 0 Å². The summed E-state index contributed by atoms with van der Waals surface area (Å²) in [7, 11) is 0. The molecule has 0 fully saturated rings. The molecule has 0 saturated carbocycles. The van der Waals surface area contributed by atoms with Crippen LogP contribution in [0, 0.1) is 0 Å². The summed E-state index contributed by atoms with van der Waals surface area (Å²) in [6.45, 7) is 0.904. The number of rotatable bonds is 6. The van der Waals surface area contributed by atoms with E-state index >= 15 is 0 Å². The fourth-order valence-corrected chi connectivity index (χ4v) is 3.51. The van der Waals surface area contributed by atoms with Gasteiger partial charge in [0, 0.05) is 22.3 Å². The summed E-state index contributed by atoms with van der Waals surface area (Å²) < 4.78 is 4.41. The normalized spacial score (nSPS) is 10.9. The SMILES string of the molecule is O=C(CCn1ncc(=O)c2ccccc21)Nc1ccnn1Cc1ccccc1Br. The summed E-state index contributed by atoms with van der Waals surface area (Å²) in [4.78, 5) is 24.4. The van der Waals surface area contributed by atoms with Crippen LogP contribution in [0.25, 0.3) is 10.9 Å². The molecule has 146 valence electrons. The van der Waals surface area contributed by atoms with E-state index in [1.54, 1.807) is 27.7 Å². The fourth-order valence-electron chi connectivity index (χ4n) is 3.10. The molecule has 1 N–H and O–H groups in total. The number of amides is 1. The van der Waals surface area contributed by atoms with Gasteiger partial charge < -0.3 is 5.32 Å². The van der Waals surface area contributed by atoms with Gasteiger partial charge in [-0.05, 0) is 23.8 Å². The number of hydrogen-bond acceptors (Lipinski definition) is 4. The minimum Gasteiger partial charge on any atom is -0.311 e. The lowest BCUT2D eigenvalue weighted by molar-refractivity contribution is -0.116. The molecule has 4 aromatic rings. The van der Waals surface area contributed by atoms with Crippen molar-refractivity contribution in [2.45, 2.75) is 19.5 Å². The average molecular weight is 452 g/mol. The molecule has 1 amide bonds. The molecule has 8 heteroatoms. The third kappa shape index (κ3) is 4.27. The van der Waals surface area contributed by atoms with Crippen LogP contribution in [0.1, 0.15) is 12.0 Å². The Hall–Kier alpha value is -3.26. The second-order valence-corrected chi connectivity index (χ2v) is 7.37. The molecule has 0 unspecified atom stereocenters. The van der Waals surface area contributed by atoms with Crippen LogP contribution in [0.5, 0.6) is 0 Å². The highest BCUT2D eigenvalue weighted by atomic mass is 79.9. The number of anilines is 1. The van der Waals surface area contributed by atoms with Crippen molar-refractivity contribution in [3.05, 3.63) is 87.3 Å². The van der Waals surface area contributed by atoms with Gasteiger partial charge in [-0.2, -0.15) is 10.2 Å². The molecule has 0 atom stereocenters. The molecule has 29 heavy (non-hydrogen) atoms. The molecule has 4 rings (SSSR count). The van der Waals surface area contributed by atoms with Crippen LogP contribution in [-0.4, -0.2) is 25.5 Å². The molecule has 2 aromatic carbocycles. The number of benzene rings is 2. The predicted octanol–water partition coefficient (Wildman–Crippen LogP) is 3.43. The fraction of sp³-hybridized carbons (Fsp3) is 0.143. The molecule has 0 aliphatic heterocycles. The second-order valence-electron chi connectivity index (χ2n) is 6.51. The van der Waals surface area contributed by atoms with Gasteiger partial charge in [0.2, 0.25) is 11.3 Å². The number of nitrogens with one attached hydrogen (secondary N) is 1. The van der Waals surface area contributed by atoms with Crippen molar-refractivity contribution in [3.63, 3.8) is 0 Å². The summed E-state index contributed by atoms with van der Waals surface area (Å²) in [6, 6.07) is 16.9. The zero-order valence-corrected chi connectivity index (χ0v) is 17.0. The first kappa shape index (κ1) is 19.1. The van der Waals surface area contributed by atoms with E-state index in [-0.39, 0.29) is 17.8 Å². The Morgan fingerprint density at radius 1 is 1.00 bits per heavy atom. The van der Waals surface area contributed by atoms with E-state index in [2.05, 4.69) is 31.4 Å². The topological polar surface area (TPSA) is 81.8 Å². The Balaban J connectivity index is 1.44. The van der Waals surface area contributed by atoms with Crippen molar-refractivity contribution in [1.29, 1.82) is 0 Å². The summed E-state index contributed by atoms with van der Waals surface area (Å²) >= 11 is 3.53. The molecule has 0 radical (unpaired) electrons. The first-order valence-corrected chi connectivity index (χ1v) is 9.91. The Morgan fingerprint density at radius 2 is 1.79 bits per heavy atom. The number of nitrogens with zero attached hydrogens (tertiary/aromatic N) is 4. The number of carbonyl (C=O) groups excluding carboxylic acids is 1. The van der Waals surface area contributed by atoms with Crippen LogP contribution < -0.4 is 10.7 Å². The molecule has 2 heterocycles. The molecule has 0 bridgehead atoms. The molecular formula is C21H18BrN5O2. The van der Waals surface area contributed by atoms with Crippen molar-refractivity contribution >= 4 is 38.6 Å². The average Bonchev–Trinajstić information content (AvgIpc) is 3.16. The van der Waals surface area contributed by atoms with E-state index in [9.17, 15) is 9.59 Å². The molecule has 0 spiro atoms. The minimum absolute atomic E-state index is 0.128. The van der Waals surface area contributed by atoms with Crippen LogP contribution in [-0.2, 0) is 17.9 Å². The minimum atomic E-state index is -0.150. The number of aryl methyl sites for hydroxylation is 1. The maximum Gasteiger partial charge on any atom is 0.227 e. The highest BCUT2D eigenvalue weighted by Crippen LogP contribution is 2.19.